The zero-order chi connectivity index (χ0) is 38.1. The molecular weight excluding hydrogens is 691 g/mol. The van der Waals surface area contributed by atoms with Gasteiger partial charge in [-0.2, -0.15) is 0 Å². The summed E-state index contributed by atoms with van der Waals surface area (Å²) in [5.41, 5.74) is 17.6. The fraction of sp³-hybridized carbons (Fsp3) is 0.0545. The molecule has 0 radical (unpaired) electrons. The first-order chi connectivity index (χ1) is 28.0. The van der Waals surface area contributed by atoms with Gasteiger partial charge in [-0.15, -0.1) is 0 Å². The summed E-state index contributed by atoms with van der Waals surface area (Å²) < 4.78 is 6.25. The van der Waals surface area contributed by atoms with Crippen molar-refractivity contribution >= 4 is 49.8 Å². The molecule has 1 heterocycles. The Morgan fingerprint density at radius 1 is 0.351 bits per heavy atom. The van der Waals surface area contributed by atoms with Crippen LogP contribution in [0.25, 0.3) is 77.2 Å². The van der Waals surface area contributed by atoms with Crippen LogP contribution in [0.4, 0.5) is 17.1 Å². The van der Waals surface area contributed by atoms with Crippen molar-refractivity contribution in [3.63, 3.8) is 0 Å². The second-order valence-electron chi connectivity index (χ2n) is 15.7. The standard InChI is InChI=1S/C55H39NO/c1-55(2)51-19-7-5-16-47(51)48-31-25-39(34-52(48)55)36-21-27-42(28-22-36)56(44-14-9-13-41(33-44)46-18-10-12-38-11-3-4-15-45(38)46)43-29-23-37(24-30-43)40-26-32-50-49-17-6-8-20-53(49)57-54(50)35-40/h3-35H,1-2H3. The summed E-state index contributed by atoms with van der Waals surface area (Å²) in [5, 5.41) is 4.77. The van der Waals surface area contributed by atoms with Gasteiger partial charge >= 0.3 is 0 Å². The summed E-state index contributed by atoms with van der Waals surface area (Å²) in [6, 6.07) is 72.7. The van der Waals surface area contributed by atoms with Crippen LogP contribution in [0.5, 0.6) is 0 Å². The van der Waals surface area contributed by atoms with E-state index in [1.165, 1.54) is 55.3 Å². The Labute approximate surface area is 332 Å². The molecule has 9 aromatic carbocycles. The maximum atomic E-state index is 6.25. The first kappa shape index (κ1) is 33.2. The summed E-state index contributed by atoms with van der Waals surface area (Å²) in [5.74, 6) is 0. The highest BCUT2D eigenvalue weighted by Crippen LogP contribution is 2.50. The van der Waals surface area contributed by atoms with Crippen molar-refractivity contribution in [1.82, 2.24) is 0 Å². The van der Waals surface area contributed by atoms with E-state index < -0.39 is 0 Å². The third kappa shape index (κ3) is 5.48. The molecule has 0 amide bonds. The van der Waals surface area contributed by atoms with Crippen LogP contribution in [0.2, 0.25) is 0 Å². The van der Waals surface area contributed by atoms with Crippen LogP contribution in [0.15, 0.2) is 205 Å². The Balaban J connectivity index is 0.989. The third-order valence-electron chi connectivity index (χ3n) is 12.1. The van der Waals surface area contributed by atoms with Crippen molar-refractivity contribution in [3.05, 3.63) is 211 Å². The monoisotopic (exact) mass is 729 g/mol. The van der Waals surface area contributed by atoms with Crippen molar-refractivity contribution in [2.24, 2.45) is 0 Å². The number of nitrogens with zero attached hydrogens (tertiary/aromatic N) is 1. The minimum Gasteiger partial charge on any atom is -0.456 e. The number of benzene rings is 9. The van der Waals surface area contributed by atoms with Crippen LogP contribution < -0.4 is 4.90 Å². The molecule has 0 saturated heterocycles. The molecule has 0 bridgehead atoms. The van der Waals surface area contributed by atoms with Gasteiger partial charge in [0.2, 0.25) is 0 Å². The number of fused-ring (bicyclic) bond motifs is 7. The smallest absolute Gasteiger partial charge is 0.136 e. The Morgan fingerprint density at radius 2 is 0.930 bits per heavy atom. The van der Waals surface area contributed by atoms with E-state index >= 15 is 0 Å². The predicted octanol–water partition coefficient (Wildman–Crippen LogP) is 15.5. The van der Waals surface area contributed by atoms with Gasteiger partial charge in [0.15, 0.2) is 0 Å². The maximum Gasteiger partial charge on any atom is 0.136 e. The Hall–Kier alpha value is -7.16. The fourth-order valence-corrected chi connectivity index (χ4v) is 9.13. The highest BCUT2D eigenvalue weighted by molar-refractivity contribution is 6.06. The average molecular weight is 730 g/mol. The number of rotatable bonds is 6. The molecule has 0 aliphatic heterocycles. The molecule has 0 fully saturated rings. The van der Waals surface area contributed by atoms with Crippen LogP contribution in [-0.4, -0.2) is 0 Å². The van der Waals surface area contributed by atoms with Gasteiger partial charge in [-0.3, -0.25) is 0 Å². The SMILES string of the molecule is CC1(C)c2ccccc2-c2ccc(-c3ccc(N(c4ccc(-c5ccc6c(c5)oc5ccccc56)cc4)c4cccc(-c5cccc6ccccc56)c4)cc3)cc21. The summed E-state index contributed by atoms with van der Waals surface area (Å²) in [7, 11) is 0. The molecule has 2 nitrogen and oxygen atoms in total. The van der Waals surface area contributed by atoms with E-state index in [2.05, 4.69) is 207 Å². The van der Waals surface area contributed by atoms with Gasteiger partial charge < -0.3 is 9.32 Å². The van der Waals surface area contributed by atoms with Crippen molar-refractivity contribution in [2.75, 3.05) is 4.90 Å². The number of furan rings is 1. The summed E-state index contributed by atoms with van der Waals surface area (Å²) in [6.07, 6.45) is 0. The van der Waals surface area contributed by atoms with Crippen molar-refractivity contribution < 1.29 is 4.42 Å². The molecule has 11 rings (SSSR count). The number of para-hydroxylation sites is 1. The molecule has 57 heavy (non-hydrogen) atoms. The zero-order valence-electron chi connectivity index (χ0n) is 31.9. The van der Waals surface area contributed by atoms with Gasteiger partial charge in [0.1, 0.15) is 11.2 Å². The molecule has 0 N–H and O–H groups in total. The quantitative estimate of drug-likeness (QED) is 0.169. The summed E-state index contributed by atoms with van der Waals surface area (Å²) >= 11 is 0. The van der Waals surface area contributed by atoms with E-state index in [9.17, 15) is 0 Å². The molecule has 10 aromatic rings. The maximum absolute atomic E-state index is 6.25. The summed E-state index contributed by atoms with van der Waals surface area (Å²) in [4.78, 5) is 2.37. The van der Waals surface area contributed by atoms with Crippen molar-refractivity contribution in [2.45, 2.75) is 19.3 Å². The van der Waals surface area contributed by atoms with Gasteiger partial charge in [-0.25, -0.2) is 0 Å². The van der Waals surface area contributed by atoms with Gasteiger partial charge in [0, 0.05) is 33.2 Å². The molecule has 0 atom stereocenters. The highest BCUT2D eigenvalue weighted by Gasteiger charge is 2.35. The van der Waals surface area contributed by atoms with Crippen LogP contribution in [-0.2, 0) is 5.41 Å². The van der Waals surface area contributed by atoms with E-state index in [1.807, 2.05) is 12.1 Å². The van der Waals surface area contributed by atoms with E-state index in [4.69, 9.17) is 4.42 Å². The molecule has 2 heteroatoms. The molecule has 1 aliphatic rings. The summed E-state index contributed by atoms with van der Waals surface area (Å²) in [6.45, 7) is 4.69. The molecule has 0 spiro atoms. The van der Waals surface area contributed by atoms with Gasteiger partial charge in [-0.1, -0.05) is 153 Å². The van der Waals surface area contributed by atoms with Gasteiger partial charge in [-0.05, 0) is 127 Å². The minimum atomic E-state index is -0.0439. The topological polar surface area (TPSA) is 16.4 Å². The van der Waals surface area contributed by atoms with E-state index in [0.29, 0.717) is 0 Å². The molecule has 0 unspecified atom stereocenters. The Morgan fingerprint density at radius 3 is 1.74 bits per heavy atom. The van der Waals surface area contributed by atoms with Crippen molar-refractivity contribution in [1.29, 1.82) is 0 Å². The minimum absolute atomic E-state index is 0.0439. The normalized spacial score (nSPS) is 12.9. The number of hydrogen-bond donors (Lipinski definition) is 0. The number of hydrogen-bond acceptors (Lipinski definition) is 2. The van der Waals surface area contributed by atoms with Gasteiger partial charge in [0.25, 0.3) is 0 Å². The van der Waals surface area contributed by atoms with Crippen molar-refractivity contribution in [3.8, 4) is 44.5 Å². The average Bonchev–Trinajstić information content (AvgIpc) is 3.75. The predicted molar refractivity (Wildman–Crippen MR) is 240 cm³/mol. The molecule has 1 aliphatic carbocycles. The lowest BCUT2D eigenvalue weighted by Gasteiger charge is -2.27. The Bertz CT molecular complexity index is 3140. The fourth-order valence-electron chi connectivity index (χ4n) is 9.13. The molecular formula is C55H39NO. The second kappa shape index (κ2) is 13.0. The van der Waals surface area contributed by atoms with E-state index in [1.54, 1.807) is 0 Å². The largest absolute Gasteiger partial charge is 0.456 e. The van der Waals surface area contributed by atoms with Crippen LogP contribution in [0.1, 0.15) is 25.0 Å². The van der Waals surface area contributed by atoms with Gasteiger partial charge in [0.05, 0.1) is 0 Å². The molecule has 270 valence electrons. The Kier molecular flexibility index (Phi) is 7.55. The van der Waals surface area contributed by atoms with Crippen LogP contribution >= 0.6 is 0 Å². The lowest BCUT2D eigenvalue weighted by Crippen LogP contribution is -2.14. The lowest BCUT2D eigenvalue weighted by molar-refractivity contribution is 0.660. The molecule has 1 aromatic heterocycles. The lowest BCUT2D eigenvalue weighted by atomic mass is 9.81. The first-order valence-corrected chi connectivity index (χ1v) is 19.7. The first-order valence-electron chi connectivity index (χ1n) is 19.7. The third-order valence-corrected chi connectivity index (χ3v) is 12.1. The van der Waals surface area contributed by atoms with E-state index in [-0.39, 0.29) is 5.41 Å². The van der Waals surface area contributed by atoms with Crippen LogP contribution in [0, 0.1) is 0 Å². The highest BCUT2D eigenvalue weighted by atomic mass is 16.3. The zero-order valence-corrected chi connectivity index (χ0v) is 31.9. The van der Waals surface area contributed by atoms with Crippen LogP contribution in [0.3, 0.4) is 0 Å². The van der Waals surface area contributed by atoms with E-state index in [0.717, 1.165) is 50.1 Å². The second-order valence-corrected chi connectivity index (χ2v) is 15.7. The molecule has 0 saturated carbocycles. The number of anilines is 3.